The second-order valence-corrected chi connectivity index (χ2v) is 17.8. The first-order valence-electron chi connectivity index (χ1n) is 18.9. The van der Waals surface area contributed by atoms with Crippen molar-refractivity contribution in [3.05, 3.63) is 47.2 Å². The SMILES string of the molecule is Cc1nc2c(C(F)(F)F)cccc2c2c1OC1(CC2)CC2C(=O)NC3(C(=O)NS(=O)(=O)C4CC4)CC3C=CCCCCCC(NC(=O)OC(C)C)C(=O)N2C1. The third kappa shape index (κ3) is 7.72. The van der Waals surface area contributed by atoms with Crippen LogP contribution in [-0.2, 0) is 41.7 Å². The van der Waals surface area contributed by atoms with Gasteiger partial charge in [0.05, 0.1) is 34.7 Å². The summed E-state index contributed by atoms with van der Waals surface area (Å²) in [4.78, 5) is 61.4. The molecular weight excluding hydrogens is 744 g/mol. The molecule has 5 atom stereocenters. The summed E-state index contributed by atoms with van der Waals surface area (Å²) in [6.07, 6.45) is 2.22. The van der Waals surface area contributed by atoms with Crippen molar-refractivity contribution in [2.24, 2.45) is 5.92 Å². The van der Waals surface area contributed by atoms with Crippen molar-refractivity contribution >= 4 is 44.7 Å². The maximum Gasteiger partial charge on any atom is 0.418 e. The molecule has 1 saturated heterocycles. The van der Waals surface area contributed by atoms with E-state index in [-0.39, 0.29) is 55.6 Å². The van der Waals surface area contributed by atoms with Gasteiger partial charge in [-0.1, -0.05) is 37.1 Å². The lowest BCUT2D eigenvalue weighted by Crippen LogP contribution is -2.58. The number of fused-ring (bicyclic) bond motifs is 5. The molecule has 7 rings (SSSR count). The van der Waals surface area contributed by atoms with Gasteiger partial charge in [0.2, 0.25) is 21.8 Å². The zero-order valence-corrected chi connectivity index (χ0v) is 31.8. The number of carbonyl (C=O) groups excluding carboxylic acids is 4. The lowest BCUT2D eigenvalue weighted by Gasteiger charge is -2.37. The second-order valence-electron chi connectivity index (χ2n) is 15.8. The molecule has 1 aromatic heterocycles. The molecule has 5 unspecified atom stereocenters. The van der Waals surface area contributed by atoms with E-state index in [0.717, 1.165) is 12.5 Å². The number of sulfonamides is 1. The standard InChI is InChI=1S/C38H46F3N5O8S/c1-21(2)53-35(50)43-28-13-8-6-4-5-7-10-23-18-37(23,34(49)45-55(51,52)24-14-15-24)44-32(47)29-19-36(20-46(29)33(28)48)17-16-26-25-11-9-12-27(38(39,40)41)30(25)42-22(3)31(26)54-36/h7,9-12,21,23-24,28-29H,4-6,8,13-20H2,1-3H3,(H,43,50)(H,44,47)(H,45,49). The van der Waals surface area contributed by atoms with Crippen molar-refractivity contribution in [3.63, 3.8) is 0 Å². The van der Waals surface area contributed by atoms with Gasteiger partial charge in [0.25, 0.3) is 5.91 Å². The van der Waals surface area contributed by atoms with Crippen LogP contribution in [0.1, 0.15) is 94.9 Å². The van der Waals surface area contributed by atoms with Crippen molar-refractivity contribution in [1.82, 2.24) is 25.2 Å². The third-order valence-electron chi connectivity index (χ3n) is 11.3. The minimum atomic E-state index is -4.63. The van der Waals surface area contributed by atoms with E-state index < -0.39 is 86.1 Å². The van der Waals surface area contributed by atoms with Gasteiger partial charge in [-0.2, -0.15) is 13.2 Å². The van der Waals surface area contributed by atoms with E-state index in [1.165, 1.54) is 11.0 Å². The third-order valence-corrected chi connectivity index (χ3v) is 13.1. The number of pyridine rings is 1. The summed E-state index contributed by atoms with van der Waals surface area (Å²) in [5, 5.41) is 5.15. The number of aryl methyl sites for hydroxylation is 2. The average Bonchev–Trinajstić information content (AvgIpc) is 4.03. The van der Waals surface area contributed by atoms with Crippen LogP contribution in [0.3, 0.4) is 0 Å². The average molecular weight is 790 g/mol. The fourth-order valence-electron chi connectivity index (χ4n) is 8.23. The van der Waals surface area contributed by atoms with Crippen LogP contribution in [0.2, 0.25) is 0 Å². The van der Waals surface area contributed by atoms with Crippen molar-refractivity contribution in [1.29, 1.82) is 0 Å². The molecule has 1 aromatic carbocycles. The van der Waals surface area contributed by atoms with Crippen molar-refractivity contribution < 1.29 is 50.2 Å². The number of hydrogen-bond acceptors (Lipinski definition) is 9. The molecule has 3 N–H and O–H groups in total. The van der Waals surface area contributed by atoms with Crippen LogP contribution in [0.25, 0.3) is 10.9 Å². The van der Waals surface area contributed by atoms with E-state index in [4.69, 9.17) is 9.47 Å². The molecule has 13 nitrogen and oxygen atoms in total. The summed E-state index contributed by atoms with van der Waals surface area (Å²) in [6, 6.07) is 1.57. The Morgan fingerprint density at radius 2 is 1.87 bits per heavy atom. The number of ether oxygens (including phenoxy) is 2. The summed E-state index contributed by atoms with van der Waals surface area (Å²) in [5.74, 6) is -2.32. The molecule has 1 spiro atoms. The molecule has 3 fully saturated rings. The quantitative estimate of drug-likeness (QED) is 0.362. The van der Waals surface area contributed by atoms with Gasteiger partial charge in [0.1, 0.15) is 29.0 Å². The Morgan fingerprint density at radius 1 is 1.11 bits per heavy atom. The molecule has 4 heterocycles. The van der Waals surface area contributed by atoms with Crippen LogP contribution in [0, 0.1) is 12.8 Å². The van der Waals surface area contributed by atoms with Crippen molar-refractivity contribution in [2.75, 3.05) is 6.54 Å². The fraction of sp³-hybridized carbons (Fsp3) is 0.605. The van der Waals surface area contributed by atoms with E-state index >= 15 is 0 Å². The highest BCUT2D eigenvalue weighted by Crippen LogP contribution is 2.48. The largest absolute Gasteiger partial charge is 0.483 e. The van der Waals surface area contributed by atoms with Crippen LogP contribution in [0.5, 0.6) is 5.75 Å². The van der Waals surface area contributed by atoms with Crippen molar-refractivity contribution in [3.8, 4) is 5.75 Å². The summed E-state index contributed by atoms with van der Waals surface area (Å²) in [6.45, 7) is 4.78. The number of hydrogen-bond donors (Lipinski definition) is 3. The molecule has 2 aromatic rings. The summed E-state index contributed by atoms with van der Waals surface area (Å²) in [5.41, 5.74) is -3.06. The highest BCUT2D eigenvalue weighted by Gasteiger charge is 2.63. The van der Waals surface area contributed by atoms with Gasteiger partial charge in [-0.25, -0.2) is 18.2 Å². The molecule has 0 radical (unpaired) electrons. The zero-order chi connectivity index (χ0) is 39.5. The topological polar surface area (TPSA) is 173 Å². The van der Waals surface area contributed by atoms with Crippen molar-refractivity contribution in [2.45, 2.75) is 132 Å². The number of alkyl halides is 3. The normalized spacial score (nSPS) is 28.6. The number of allylic oxidation sites excluding steroid dienone is 1. The number of carbonyl (C=O) groups is 4. The van der Waals surface area contributed by atoms with Gasteiger partial charge in [-0.15, -0.1) is 0 Å². The summed E-state index contributed by atoms with van der Waals surface area (Å²) in [7, 11) is -3.95. The van der Waals surface area contributed by atoms with E-state index in [1.54, 1.807) is 26.8 Å². The number of nitrogens with zero attached hydrogens (tertiary/aromatic N) is 2. The molecule has 55 heavy (non-hydrogen) atoms. The Hall–Kier alpha value is -4.41. The van der Waals surface area contributed by atoms with E-state index in [0.29, 0.717) is 43.1 Å². The Bertz CT molecular complexity index is 2050. The van der Waals surface area contributed by atoms with Crippen LogP contribution >= 0.6 is 0 Å². The van der Waals surface area contributed by atoms with Crippen LogP contribution in [-0.4, -0.2) is 83.2 Å². The fourth-order valence-corrected chi connectivity index (χ4v) is 9.59. The van der Waals surface area contributed by atoms with Gasteiger partial charge < -0.3 is 25.0 Å². The molecule has 0 bridgehead atoms. The minimum Gasteiger partial charge on any atom is -0.483 e. The molecule has 298 valence electrons. The summed E-state index contributed by atoms with van der Waals surface area (Å²) >= 11 is 0. The van der Waals surface area contributed by atoms with Gasteiger partial charge in [0, 0.05) is 23.3 Å². The van der Waals surface area contributed by atoms with Crippen LogP contribution in [0.15, 0.2) is 30.4 Å². The Labute approximate surface area is 317 Å². The molecule has 17 heteroatoms. The second kappa shape index (κ2) is 14.3. The Kier molecular flexibility index (Phi) is 10.1. The van der Waals surface area contributed by atoms with Gasteiger partial charge in [-0.05, 0) is 78.2 Å². The zero-order valence-electron chi connectivity index (χ0n) is 31.0. The lowest BCUT2D eigenvalue weighted by molar-refractivity contribution is -0.141. The minimum absolute atomic E-state index is 0.0498. The number of aromatic nitrogens is 1. The summed E-state index contributed by atoms with van der Waals surface area (Å²) < 4.78 is 81.7. The molecule has 3 aliphatic heterocycles. The predicted octanol–water partition coefficient (Wildman–Crippen LogP) is 4.73. The maximum absolute atomic E-state index is 14.6. The van der Waals surface area contributed by atoms with Gasteiger partial charge in [-0.3, -0.25) is 19.1 Å². The van der Waals surface area contributed by atoms with E-state index in [2.05, 4.69) is 20.3 Å². The van der Waals surface area contributed by atoms with Gasteiger partial charge in [0.15, 0.2) is 0 Å². The number of halogens is 3. The number of para-hydroxylation sites is 1. The lowest BCUT2D eigenvalue weighted by atomic mass is 9.86. The number of rotatable bonds is 5. The van der Waals surface area contributed by atoms with Crippen LogP contribution in [0.4, 0.5) is 18.0 Å². The first-order valence-corrected chi connectivity index (χ1v) is 20.5. The number of amides is 4. The highest BCUT2D eigenvalue weighted by atomic mass is 32.2. The molecular formula is C38H46F3N5O8S. The number of alkyl carbamates (subject to hydrolysis) is 1. The molecule has 2 saturated carbocycles. The molecule has 4 amide bonds. The number of benzene rings is 1. The van der Waals surface area contributed by atoms with E-state index in [9.17, 15) is 40.8 Å². The monoisotopic (exact) mass is 789 g/mol. The van der Waals surface area contributed by atoms with Crippen LogP contribution < -0.4 is 20.1 Å². The molecule has 5 aliphatic rings. The smallest absolute Gasteiger partial charge is 0.418 e. The van der Waals surface area contributed by atoms with E-state index in [1.807, 2.05) is 12.2 Å². The maximum atomic E-state index is 14.6. The first-order chi connectivity index (χ1) is 25.9. The number of nitrogens with one attached hydrogen (secondary N) is 3. The molecule has 2 aliphatic carbocycles. The Balaban J connectivity index is 1.24. The first kappa shape index (κ1) is 38.8. The Morgan fingerprint density at radius 3 is 2.58 bits per heavy atom. The highest BCUT2D eigenvalue weighted by molar-refractivity contribution is 7.91. The predicted molar refractivity (Wildman–Crippen MR) is 193 cm³/mol. The van der Waals surface area contributed by atoms with Gasteiger partial charge >= 0.3 is 12.3 Å².